The first-order valence-electron chi connectivity index (χ1n) is 7.44. The Morgan fingerprint density at radius 2 is 2.21 bits per heavy atom. The predicted molar refractivity (Wildman–Crippen MR) is 77.6 cm³/mol. The fraction of sp³-hybridized carbons (Fsp3) is 0.625. The number of hydrogen-bond donors (Lipinski definition) is 1. The molecule has 0 amide bonds. The monoisotopic (exact) mass is 260 g/mol. The molecule has 2 aliphatic rings. The van der Waals surface area contributed by atoms with Gasteiger partial charge in [-0.3, -0.25) is 4.90 Å². The van der Waals surface area contributed by atoms with E-state index in [4.69, 9.17) is 4.74 Å². The summed E-state index contributed by atoms with van der Waals surface area (Å²) in [5.74, 6) is 2.79. The van der Waals surface area contributed by atoms with Crippen molar-refractivity contribution in [2.75, 3.05) is 39.3 Å². The van der Waals surface area contributed by atoms with Gasteiger partial charge in [-0.15, -0.1) is 0 Å². The number of nitrogens with zero attached hydrogens (tertiary/aromatic N) is 1. The van der Waals surface area contributed by atoms with E-state index in [0.717, 1.165) is 30.7 Å². The Bertz CT molecular complexity index is 421. The molecular weight excluding hydrogens is 236 g/mol. The summed E-state index contributed by atoms with van der Waals surface area (Å²) in [6.45, 7) is 8.88. The van der Waals surface area contributed by atoms with E-state index in [0.29, 0.717) is 0 Å². The average molecular weight is 260 g/mol. The molecule has 0 bridgehead atoms. The molecule has 2 atom stereocenters. The molecule has 1 aromatic rings. The summed E-state index contributed by atoms with van der Waals surface area (Å²) in [7, 11) is 0. The van der Waals surface area contributed by atoms with Gasteiger partial charge in [0, 0.05) is 13.1 Å². The van der Waals surface area contributed by atoms with E-state index in [1.807, 2.05) is 6.07 Å². The average Bonchev–Trinajstić information content (AvgIpc) is 2.86. The number of likely N-dealkylation sites (tertiary alicyclic amines) is 1. The number of aryl methyl sites for hydroxylation is 1. The molecule has 3 rings (SSSR count). The molecule has 3 heteroatoms. The molecule has 2 aliphatic heterocycles. The fourth-order valence-corrected chi connectivity index (χ4v) is 3.31. The second-order valence-electron chi connectivity index (χ2n) is 5.93. The molecule has 0 aliphatic carbocycles. The zero-order valence-corrected chi connectivity index (χ0v) is 11.8. The summed E-state index contributed by atoms with van der Waals surface area (Å²) < 4.78 is 5.84. The van der Waals surface area contributed by atoms with E-state index in [-0.39, 0.29) is 0 Å². The Labute approximate surface area is 115 Å². The van der Waals surface area contributed by atoms with Gasteiger partial charge in [-0.1, -0.05) is 12.1 Å². The molecule has 1 N–H and O–H groups in total. The van der Waals surface area contributed by atoms with Gasteiger partial charge < -0.3 is 10.1 Å². The number of nitrogens with one attached hydrogen (secondary N) is 1. The van der Waals surface area contributed by atoms with Gasteiger partial charge in [0.1, 0.15) is 12.4 Å². The highest BCUT2D eigenvalue weighted by Crippen LogP contribution is 2.26. The van der Waals surface area contributed by atoms with Crippen molar-refractivity contribution in [2.24, 2.45) is 11.8 Å². The van der Waals surface area contributed by atoms with Crippen LogP contribution in [0.25, 0.3) is 0 Å². The Kier molecular flexibility index (Phi) is 4.04. The largest absolute Gasteiger partial charge is 0.492 e. The number of fused-ring (bicyclic) bond motifs is 1. The Morgan fingerprint density at radius 1 is 1.32 bits per heavy atom. The number of benzene rings is 1. The standard InChI is InChI=1S/C16H24N2O/c1-13-3-2-4-16(9-13)19-8-7-18-6-5-14-10-17-11-15(14)12-18/h2-4,9,14-15,17H,5-8,10-12H2,1H3. The SMILES string of the molecule is Cc1cccc(OCCN2CCC3CNCC3C2)c1. The van der Waals surface area contributed by atoms with Gasteiger partial charge in [0.05, 0.1) is 0 Å². The van der Waals surface area contributed by atoms with Crippen molar-refractivity contribution in [3.63, 3.8) is 0 Å². The van der Waals surface area contributed by atoms with Crippen LogP contribution in [-0.2, 0) is 0 Å². The van der Waals surface area contributed by atoms with E-state index >= 15 is 0 Å². The molecule has 3 nitrogen and oxygen atoms in total. The summed E-state index contributed by atoms with van der Waals surface area (Å²) in [4.78, 5) is 2.56. The van der Waals surface area contributed by atoms with Gasteiger partial charge in [0.25, 0.3) is 0 Å². The van der Waals surface area contributed by atoms with Gasteiger partial charge in [-0.05, 0) is 62.5 Å². The van der Waals surface area contributed by atoms with Gasteiger partial charge in [-0.2, -0.15) is 0 Å². The van der Waals surface area contributed by atoms with E-state index in [1.54, 1.807) is 0 Å². The highest BCUT2D eigenvalue weighted by Gasteiger charge is 2.32. The quantitative estimate of drug-likeness (QED) is 0.895. The summed E-state index contributed by atoms with van der Waals surface area (Å²) >= 11 is 0. The normalized spacial score (nSPS) is 27.2. The predicted octanol–water partition coefficient (Wildman–Crippen LogP) is 1.92. The zero-order chi connectivity index (χ0) is 13.1. The molecule has 2 saturated heterocycles. The molecule has 104 valence electrons. The van der Waals surface area contributed by atoms with Crippen LogP contribution in [0.15, 0.2) is 24.3 Å². The maximum atomic E-state index is 5.84. The van der Waals surface area contributed by atoms with Crippen LogP contribution >= 0.6 is 0 Å². The fourth-order valence-electron chi connectivity index (χ4n) is 3.31. The van der Waals surface area contributed by atoms with Crippen molar-refractivity contribution < 1.29 is 4.74 Å². The number of ether oxygens (including phenoxy) is 1. The van der Waals surface area contributed by atoms with Crippen LogP contribution in [0, 0.1) is 18.8 Å². The third-order valence-corrected chi connectivity index (χ3v) is 4.45. The lowest BCUT2D eigenvalue weighted by Crippen LogP contribution is -2.41. The maximum absolute atomic E-state index is 5.84. The van der Waals surface area contributed by atoms with Gasteiger partial charge in [0.2, 0.25) is 0 Å². The number of rotatable bonds is 4. The Morgan fingerprint density at radius 3 is 3.11 bits per heavy atom. The minimum atomic E-state index is 0.800. The van der Waals surface area contributed by atoms with Crippen LogP contribution in [0.4, 0.5) is 0 Å². The number of hydrogen-bond acceptors (Lipinski definition) is 3. The molecule has 0 spiro atoms. The number of piperidine rings is 1. The van der Waals surface area contributed by atoms with Crippen LogP contribution in [0.2, 0.25) is 0 Å². The molecule has 0 aromatic heterocycles. The maximum Gasteiger partial charge on any atom is 0.119 e. The van der Waals surface area contributed by atoms with Crippen molar-refractivity contribution in [1.29, 1.82) is 0 Å². The van der Waals surface area contributed by atoms with Gasteiger partial charge >= 0.3 is 0 Å². The molecule has 1 aromatic carbocycles. The van der Waals surface area contributed by atoms with Crippen molar-refractivity contribution >= 4 is 0 Å². The lowest BCUT2D eigenvalue weighted by Gasteiger charge is -2.34. The molecule has 0 radical (unpaired) electrons. The first-order valence-corrected chi connectivity index (χ1v) is 7.44. The van der Waals surface area contributed by atoms with Crippen molar-refractivity contribution in [3.05, 3.63) is 29.8 Å². The third-order valence-electron chi connectivity index (χ3n) is 4.45. The molecule has 2 heterocycles. The Balaban J connectivity index is 1.43. The lowest BCUT2D eigenvalue weighted by molar-refractivity contribution is 0.127. The minimum absolute atomic E-state index is 0.800. The summed E-state index contributed by atoms with van der Waals surface area (Å²) in [5, 5.41) is 3.52. The van der Waals surface area contributed by atoms with E-state index in [9.17, 15) is 0 Å². The second kappa shape index (κ2) is 5.93. The van der Waals surface area contributed by atoms with Crippen LogP contribution in [0.3, 0.4) is 0 Å². The topological polar surface area (TPSA) is 24.5 Å². The van der Waals surface area contributed by atoms with Crippen LogP contribution < -0.4 is 10.1 Å². The Hall–Kier alpha value is -1.06. The van der Waals surface area contributed by atoms with E-state index in [1.165, 1.54) is 38.2 Å². The smallest absolute Gasteiger partial charge is 0.119 e. The minimum Gasteiger partial charge on any atom is -0.492 e. The second-order valence-corrected chi connectivity index (χ2v) is 5.93. The molecule has 19 heavy (non-hydrogen) atoms. The summed E-state index contributed by atoms with van der Waals surface area (Å²) in [5.41, 5.74) is 1.26. The van der Waals surface area contributed by atoms with Crippen LogP contribution in [-0.4, -0.2) is 44.2 Å². The zero-order valence-electron chi connectivity index (χ0n) is 11.8. The summed E-state index contributed by atoms with van der Waals surface area (Å²) in [6.07, 6.45) is 1.35. The molecule has 2 unspecified atom stereocenters. The van der Waals surface area contributed by atoms with Crippen molar-refractivity contribution in [3.8, 4) is 5.75 Å². The van der Waals surface area contributed by atoms with Crippen LogP contribution in [0.5, 0.6) is 5.75 Å². The van der Waals surface area contributed by atoms with Gasteiger partial charge in [0.15, 0.2) is 0 Å². The van der Waals surface area contributed by atoms with Crippen LogP contribution in [0.1, 0.15) is 12.0 Å². The van der Waals surface area contributed by atoms with E-state index in [2.05, 4.69) is 35.3 Å². The van der Waals surface area contributed by atoms with Crippen molar-refractivity contribution in [2.45, 2.75) is 13.3 Å². The third kappa shape index (κ3) is 3.28. The van der Waals surface area contributed by atoms with Gasteiger partial charge in [-0.25, -0.2) is 0 Å². The molecule has 2 fully saturated rings. The molecule has 0 saturated carbocycles. The van der Waals surface area contributed by atoms with E-state index < -0.39 is 0 Å². The first-order chi connectivity index (χ1) is 9.31. The highest BCUT2D eigenvalue weighted by molar-refractivity contribution is 5.27. The summed E-state index contributed by atoms with van der Waals surface area (Å²) in [6, 6.07) is 8.30. The molecular formula is C16H24N2O. The first kappa shape index (κ1) is 12.9. The lowest BCUT2D eigenvalue weighted by atomic mass is 9.89. The highest BCUT2D eigenvalue weighted by atomic mass is 16.5. The van der Waals surface area contributed by atoms with Crippen molar-refractivity contribution in [1.82, 2.24) is 10.2 Å².